The van der Waals surface area contributed by atoms with E-state index >= 15 is 0 Å². The molecule has 0 aliphatic carbocycles. The van der Waals surface area contributed by atoms with Crippen LogP contribution in [0.3, 0.4) is 0 Å². The molecule has 74 valence electrons. The van der Waals surface area contributed by atoms with Crippen LogP contribution in [0.1, 0.15) is 0 Å². The maximum Gasteiger partial charge on any atom is 2.00 e. The van der Waals surface area contributed by atoms with Gasteiger partial charge in [-0.3, -0.25) is 8.42 Å². The molecule has 7 nitrogen and oxygen atoms in total. The Balaban J connectivity index is -0.0000000383. The van der Waals surface area contributed by atoms with E-state index in [4.69, 9.17) is 32.5 Å². The normalized spacial score (nSPS) is 7.45. The minimum Gasteiger partial charge on any atom is -0.759 e. The van der Waals surface area contributed by atoms with Crippen molar-refractivity contribution in [2.75, 3.05) is 0 Å². The second-order valence-electron chi connectivity index (χ2n) is 0.658. The van der Waals surface area contributed by atoms with Gasteiger partial charge in [-0.2, -0.15) is 0 Å². The Bertz CT molecular complexity index is 159. The monoisotopic (exact) mass is 282 g/mol. The smallest absolute Gasteiger partial charge is 0.759 e. The van der Waals surface area contributed by atoms with Crippen molar-refractivity contribution >= 4 is 16.6 Å². The van der Waals surface area contributed by atoms with Gasteiger partial charge in [0.2, 0.25) is 0 Å². The van der Waals surface area contributed by atoms with Crippen molar-refractivity contribution in [3.63, 3.8) is 0 Å². The molecule has 0 N–H and O–H groups in total. The van der Waals surface area contributed by atoms with Gasteiger partial charge >= 0.3 is 34.1 Å². The van der Waals surface area contributed by atoms with E-state index in [0.29, 0.717) is 0 Å². The van der Waals surface area contributed by atoms with Crippen LogP contribution in [-0.4, -0.2) is 23.7 Å². The molecule has 10 heteroatoms. The van der Waals surface area contributed by atoms with Crippen molar-refractivity contribution in [2.24, 2.45) is 0 Å². The zero-order valence-corrected chi connectivity index (χ0v) is 7.07. The summed E-state index contributed by atoms with van der Waals surface area (Å²) in [6.45, 7) is 0. The first-order valence-corrected chi connectivity index (χ1v) is 2.61. The first kappa shape index (κ1) is 22.5. The van der Waals surface area contributed by atoms with E-state index in [1.54, 1.807) is 0 Å². The van der Waals surface area contributed by atoms with Crippen LogP contribution < -0.4 is 10.2 Å². The predicted octanol–water partition coefficient (Wildman–Crippen LogP) is -3.79. The molecule has 0 aromatic heterocycles. The molecule has 0 bridgehead atoms. The molecule has 0 heterocycles. The Labute approximate surface area is 83.3 Å². The number of rotatable bonds is 0. The van der Waals surface area contributed by atoms with Crippen molar-refractivity contribution in [1.82, 2.24) is 0 Å². The topological polar surface area (TPSA) is 143 Å². The Kier molecular flexibility index (Phi) is 20.8. The third kappa shape index (κ3) is 21300. The summed E-state index contributed by atoms with van der Waals surface area (Å²) in [4.78, 5) is 8.33. The average molecular weight is 283 g/mol. The number of carbonyl (C=O) groups is 1. The van der Waals surface area contributed by atoms with Crippen LogP contribution in [0.15, 0.2) is 0 Å². The molecule has 11 heavy (non-hydrogen) atoms. The van der Waals surface area contributed by atoms with Crippen molar-refractivity contribution in [3.8, 4) is 0 Å². The standard InChI is InChI=1S/CH2O3.2Cu.H2O4S/c2-1(3)4;;;1-5(2,3)4/h(H2,2,3,4);;;(H2,1,2,3,4)/q;2*+2;/p-4. The fourth-order valence-corrected chi connectivity index (χ4v) is 0. The van der Waals surface area contributed by atoms with Crippen molar-refractivity contribution in [3.05, 3.63) is 0 Å². The summed E-state index contributed by atoms with van der Waals surface area (Å²) in [6.07, 6.45) is -2.33. The van der Waals surface area contributed by atoms with Gasteiger partial charge in [-0.1, -0.05) is 0 Å². The first-order chi connectivity index (χ1) is 3.73. The van der Waals surface area contributed by atoms with Crippen LogP contribution in [0.2, 0.25) is 0 Å². The molecule has 0 aromatic rings. The number of carbonyl (C=O) groups excluding carboxylic acids is 1. The Morgan fingerprint density at radius 1 is 1.00 bits per heavy atom. The molecule has 2 radical (unpaired) electrons. The van der Waals surface area contributed by atoms with Gasteiger partial charge in [0, 0.05) is 10.4 Å². The fraction of sp³-hybridized carbons (Fsp3) is 0. The predicted molar refractivity (Wildman–Crippen MR) is 15.9 cm³/mol. The van der Waals surface area contributed by atoms with Crippen LogP contribution in [0, 0.1) is 0 Å². The van der Waals surface area contributed by atoms with Crippen LogP contribution in [0.5, 0.6) is 0 Å². The van der Waals surface area contributed by atoms with E-state index in [2.05, 4.69) is 0 Å². The fourth-order valence-electron chi connectivity index (χ4n) is 0. The molecule has 0 aliphatic rings. The SMILES string of the molecule is O=C([O-])[O-].O=S(=O)([O-])[O-].[Cu+2].[Cu+2]. The third-order valence-corrected chi connectivity index (χ3v) is 0. The zero-order valence-electron chi connectivity index (χ0n) is 4.37. The molecule has 0 aromatic carbocycles. The van der Waals surface area contributed by atoms with Crippen LogP contribution in [-0.2, 0) is 44.5 Å². The van der Waals surface area contributed by atoms with Gasteiger partial charge in [0.1, 0.15) is 0 Å². The summed E-state index contributed by atoms with van der Waals surface area (Å²) in [6, 6.07) is 0. The maximum absolute atomic E-state index is 8.52. The first-order valence-electron chi connectivity index (χ1n) is 1.28. The molecular weight excluding hydrogens is 283 g/mol. The minimum atomic E-state index is -5.17. The molecule has 0 spiro atoms. The molecule has 0 saturated heterocycles. The quantitative estimate of drug-likeness (QED) is 0.252. The largest absolute Gasteiger partial charge is 2.00 e. The van der Waals surface area contributed by atoms with Gasteiger partial charge in [0.25, 0.3) is 0 Å². The molecule has 0 amide bonds. The number of carboxylic acid groups (broad SMARTS) is 2. The van der Waals surface area contributed by atoms with E-state index in [1.807, 2.05) is 0 Å². The Morgan fingerprint density at radius 2 is 1.00 bits per heavy atom. The summed E-state index contributed by atoms with van der Waals surface area (Å²) in [5.41, 5.74) is 0. The van der Waals surface area contributed by atoms with Gasteiger partial charge in [0.15, 0.2) is 0 Å². The summed E-state index contributed by atoms with van der Waals surface area (Å²) in [5.74, 6) is 0. The van der Waals surface area contributed by atoms with Gasteiger partial charge in [-0.15, -0.1) is 0 Å². The van der Waals surface area contributed by atoms with E-state index < -0.39 is 16.6 Å². The van der Waals surface area contributed by atoms with Gasteiger partial charge in [-0.25, -0.2) is 0 Å². The van der Waals surface area contributed by atoms with Gasteiger partial charge in [0.05, 0.1) is 0 Å². The zero-order chi connectivity index (χ0) is 8.08. The number of hydrogen-bond donors (Lipinski definition) is 0. The second kappa shape index (κ2) is 10.2. The summed E-state index contributed by atoms with van der Waals surface area (Å²) < 4.78 is 34.1. The van der Waals surface area contributed by atoms with E-state index in [9.17, 15) is 0 Å². The molecule has 0 aliphatic heterocycles. The van der Waals surface area contributed by atoms with Crippen molar-refractivity contribution in [2.45, 2.75) is 0 Å². The van der Waals surface area contributed by atoms with Crippen LogP contribution in [0.25, 0.3) is 0 Å². The van der Waals surface area contributed by atoms with Gasteiger partial charge < -0.3 is 24.1 Å². The molecule has 0 fully saturated rings. The molecule has 0 saturated carbocycles. The number of hydrogen-bond acceptors (Lipinski definition) is 7. The molecular formula is CCu2O7S. The van der Waals surface area contributed by atoms with Gasteiger partial charge in [-0.05, 0) is 6.16 Å². The molecule has 0 rings (SSSR count). The van der Waals surface area contributed by atoms with Crippen LogP contribution >= 0.6 is 0 Å². The minimum absolute atomic E-state index is 0. The molecule has 0 unspecified atom stereocenters. The van der Waals surface area contributed by atoms with Crippen molar-refractivity contribution < 1.29 is 66.7 Å². The van der Waals surface area contributed by atoms with E-state index in [-0.39, 0.29) is 34.1 Å². The Morgan fingerprint density at radius 3 is 1.00 bits per heavy atom. The van der Waals surface area contributed by atoms with Crippen LogP contribution in [0.4, 0.5) is 4.79 Å². The van der Waals surface area contributed by atoms with Crippen molar-refractivity contribution in [1.29, 1.82) is 0 Å². The van der Waals surface area contributed by atoms with E-state index in [1.165, 1.54) is 0 Å². The maximum atomic E-state index is 8.52. The third-order valence-electron chi connectivity index (χ3n) is 0. The average Bonchev–Trinajstić information content (AvgIpc) is 1.19. The van der Waals surface area contributed by atoms with E-state index in [0.717, 1.165) is 0 Å². The molecule has 0 atom stereocenters. The summed E-state index contributed by atoms with van der Waals surface area (Å²) in [5, 5.41) is 16.7. The summed E-state index contributed by atoms with van der Waals surface area (Å²) >= 11 is 0. The Hall–Kier alpha value is 0.179. The second-order valence-corrected chi connectivity index (χ2v) is 1.47. The summed E-state index contributed by atoms with van der Waals surface area (Å²) in [7, 11) is -5.17.